The molecule has 2 aromatic carbocycles. The van der Waals surface area contributed by atoms with Crippen LogP contribution in [0, 0.1) is 5.92 Å². The zero-order valence-electron chi connectivity index (χ0n) is 21.4. The topological polar surface area (TPSA) is 106 Å². The standard InChI is InChI=1S/C28H35N5O4/c1-35-28(36-2)20-11-13-32(14-12-20)21-9-7-19(8-10-21)26-18-33(15-16-37-26)24-17-23(30-31-27(24)29)22-5-3-4-6-25(22)34/h3-10,17,20,26,28,34H,11-16,18H2,1-2H3,(H2,29,31). The number of methoxy groups -OCH3 is 2. The van der Waals surface area contributed by atoms with Gasteiger partial charge in [-0.05, 0) is 48.7 Å². The van der Waals surface area contributed by atoms with Crippen molar-refractivity contribution in [2.45, 2.75) is 25.2 Å². The van der Waals surface area contributed by atoms with Gasteiger partial charge in [-0.3, -0.25) is 0 Å². The predicted octanol–water partition coefficient (Wildman–Crippen LogP) is 3.84. The van der Waals surface area contributed by atoms with Crippen LogP contribution in [0.3, 0.4) is 0 Å². The highest BCUT2D eigenvalue weighted by Crippen LogP contribution is 2.34. The molecular formula is C28H35N5O4. The number of nitrogen functional groups attached to an aromatic ring is 1. The molecule has 1 unspecified atom stereocenters. The van der Waals surface area contributed by atoms with Crippen molar-refractivity contribution in [3.8, 4) is 17.0 Å². The molecule has 9 heteroatoms. The zero-order valence-corrected chi connectivity index (χ0v) is 21.4. The second-order valence-electron chi connectivity index (χ2n) is 9.58. The van der Waals surface area contributed by atoms with Crippen molar-refractivity contribution in [2.24, 2.45) is 5.92 Å². The Bertz CT molecular complexity index is 1180. The number of aromatic hydroxyl groups is 1. The lowest BCUT2D eigenvalue weighted by molar-refractivity contribution is -0.141. The lowest BCUT2D eigenvalue weighted by Gasteiger charge is -2.37. The maximum atomic E-state index is 10.3. The van der Waals surface area contributed by atoms with Gasteiger partial charge >= 0.3 is 0 Å². The summed E-state index contributed by atoms with van der Waals surface area (Å²) in [5.74, 6) is 0.949. The van der Waals surface area contributed by atoms with Crippen LogP contribution in [0.5, 0.6) is 5.75 Å². The molecule has 0 spiro atoms. The lowest BCUT2D eigenvalue weighted by Crippen LogP contribution is -2.39. The molecule has 37 heavy (non-hydrogen) atoms. The highest BCUT2D eigenvalue weighted by atomic mass is 16.7. The van der Waals surface area contributed by atoms with Crippen LogP contribution < -0.4 is 15.5 Å². The first-order valence-electron chi connectivity index (χ1n) is 12.8. The zero-order chi connectivity index (χ0) is 25.8. The minimum Gasteiger partial charge on any atom is -0.507 e. The molecule has 3 heterocycles. The van der Waals surface area contributed by atoms with Crippen molar-refractivity contribution in [2.75, 3.05) is 62.5 Å². The van der Waals surface area contributed by atoms with Gasteiger partial charge in [-0.2, -0.15) is 0 Å². The van der Waals surface area contributed by atoms with E-state index in [9.17, 15) is 5.11 Å². The number of phenols is 1. The molecule has 0 aliphatic carbocycles. The Balaban J connectivity index is 1.26. The fourth-order valence-electron chi connectivity index (χ4n) is 5.35. The molecule has 3 N–H and O–H groups in total. The molecule has 0 amide bonds. The number of anilines is 3. The molecule has 5 rings (SSSR count). The van der Waals surface area contributed by atoms with Crippen molar-refractivity contribution < 1.29 is 19.3 Å². The quantitative estimate of drug-likeness (QED) is 0.463. The van der Waals surface area contributed by atoms with E-state index in [0.717, 1.165) is 37.2 Å². The third-order valence-electron chi connectivity index (χ3n) is 7.41. The molecule has 2 aliphatic heterocycles. The molecule has 1 atom stereocenters. The number of nitrogens with zero attached hydrogens (tertiary/aromatic N) is 4. The van der Waals surface area contributed by atoms with E-state index in [1.165, 1.54) is 5.69 Å². The second-order valence-corrected chi connectivity index (χ2v) is 9.58. The number of piperidine rings is 1. The fourth-order valence-corrected chi connectivity index (χ4v) is 5.35. The van der Waals surface area contributed by atoms with E-state index in [-0.39, 0.29) is 18.1 Å². The van der Waals surface area contributed by atoms with E-state index in [0.29, 0.717) is 42.7 Å². The largest absolute Gasteiger partial charge is 0.507 e. The number of benzene rings is 2. The summed E-state index contributed by atoms with van der Waals surface area (Å²) in [6.07, 6.45) is 1.87. The molecule has 2 aliphatic rings. The van der Waals surface area contributed by atoms with Gasteiger partial charge in [0.1, 0.15) is 11.9 Å². The van der Waals surface area contributed by atoms with Crippen LogP contribution in [0.4, 0.5) is 17.2 Å². The lowest BCUT2D eigenvalue weighted by atomic mass is 9.95. The number of hydrogen-bond acceptors (Lipinski definition) is 9. The summed E-state index contributed by atoms with van der Waals surface area (Å²) in [6.45, 7) is 3.89. The maximum Gasteiger partial charge on any atom is 0.169 e. The number of phenolic OH excluding ortho intramolecular Hbond substituents is 1. The molecule has 0 radical (unpaired) electrons. The summed E-state index contributed by atoms with van der Waals surface area (Å²) in [5.41, 5.74) is 10.6. The summed E-state index contributed by atoms with van der Waals surface area (Å²) >= 11 is 0. The Kier molecular flexibility index (Phi) is 7.73. The van der Waals surface area contributed by atoms with Gasteiger partial charge in [0.05, 0.1) is 18.0 Å². The Morgan fingerprint density at radius 2 is 1.70 bits per heavy atom. The second kappa shape index (κ2) is 11.3. The van der Waals surface area contributed by atoms with Crippen LogP contribution in [0.1, 0.15) is 24.5 Å². The van der Waals surface area contributed by atoms with Gasteiger partial charge in [0.15, 0.2) is 12.1 Å². The third kappa shape index (κ3) is 5.49. The van der Waals surface area contributed by atoms with E-state index in [1.807, 2.05) is 18.2 Å². The summed E-state index contributed by atoms with van der Waals surface area (Å²) in [4.78, 5) is 4.60. The predicted molar refractivity (Wildman–Crippen MR) is 144 cm³/mol. The van der Waals surface area contributed by atoms with E-state index in [1.54, 1.807) is 26.4 Å². The molecule has 196 valence electrons. The Hall–Kier alpha value is -3.40. The first kappa shape index (κ1) is 25.3. The first-order valence-corrected chi connectivity index (χ1v) is 12.8. The van der Waals surface area contributed by atoms with Crippen LogP contribution >= 0.6 is 0 Å². The average molecular weight is 506 g/mol. The highest BCUT2D eigenvalue weighted by Gasteiger charge is 2.28. The van der Waals surface area contributed by atoms with Gasteiger partial charge in [0, 0.05) is 57.6 Å². The number of rotatable bonds is 7. The third-order valence-corrected chi connectivity index (χ3v) is 7.41. The summed E-state index contributed by atoms with van der Waals surface area (Å²) in [7, 11) is 3.42. The van der Waals surface area contributed by atoms with Crippen molar-refractivity contribution in [3.05, 3.63) is 60.2 Å². The van der Waals surface area contributed by atoms with E-state index in [2.05, 4.69) is 44.3 Å². The number of para-hydroxylation sites is 1. The van der Waals surface area contributed by atoms with Gasteiger partial charge in [-0.1, -0.05) is 24.3 Å². The fraction of sp³-hybridized carbons (Fsp3) is 0.429. The number of ether oxygens (including phenoxy) is 3. The normalized spacial score (nSPS) is 18.9. The molecule has 0 bridgehead atoms. The molecule has 0 saturated carbocycles. The van der Waals surface area contributed by atoms with Crippen molar-refractivity contribution >= 4 is 17.2 Å². The Labute approximate surface area is 217 Å². The van der Waals surface area contributed by atoms with Crippen LogP contribution in [0.25, 0.3) is 11.3 Å². The van der Waals surface area contributed by atoms with Crippen LogP contribution in [-0.4, -0.2) is 68.6 Å². The highest BCUT2D eigenvalue weighted by molar-refractivity contribution is 5.74. The van der Waals surface area contributed by atoms with Crippen LogP contribution in [-0.2, 0) is 14.2 Å². The Morgan fingerprint density at radius 1 is 0.973 bits per heavy atom. The van der Waals surface area contributed by atoms with Crippen LogP contribution in [0.15, 0.2) is 54.6 Å². The average Bonchev–Trinajstić information content (AvgIpc) is 2.95. The van der Waals surface area contributed by atoms with E-state index in [4.69, 9.17) is 19.9 Å². The number of morpholine rings is 1. The van der Waals surface area contributed by atoms with Gasteiger partial charge in [-0.25, -0.2) is 0 Å². The summed E-state index contributed by atoms with van der Waals surface area (Å²) in [6, 6.07) is 17.7. The van der Waals surface area contributed by atoms with Gasteiger partial charge in [0.2, 0.25) is 0 Å². The Morgan fingerprint density at radius 3 is 2.41 bits per heavy atom. The number of hydrogen-bond donors (Lipinski definition) is 2. The minimum absolute atomic E-state index is 0.0844. The molecule has 1 aromatic heterocycles. The van der Waals surface area contributed by atoms with Gasteiger partial charge in [0.25, 0.3) is 0 Å². The SMILES string of the molecule is COC(OC)C1CCN(c2ccc(C3CN(c4cc(-c5ccccc5O)nnc4N)CCO3)cc2)CC1. The minimum atomic E-state index is -0.130. The van der Waals surface area contributed by atoms with E-state index >= 15 is 0 Å². The molecular weight excluding hydrogens is 470 g/mol. The summed E-state index contributed by atoms with van der Waals surface area (Å²) in [5, 5.41) is 18.6. The smallest absolute Gasteiger partial charge is 0.169 e. The van der Waals surface area contributed by atoms with E-state index < -0.39 is 0 Å². The van der Waals surface area contributed by atoms with Crippen molar-refractivity contribution in [1.29, 1.82) is 0 Å². The van der Waals surface area contributed by atoms with Crippen molar-refractivity contribution in [3.63, 3.8) is 0 Å². The van der Waals surface area contributed by atoms with Crippen LogP contribution in [0.2, 0.25) is 0 Å². The molecule has 9 nitrogen and oxygen atoms in total. The number of aromatic nitrogens is 2. The number of nitrogens with two attached hydrogens (primary N) is 1. The molecule has 2 fully saturated rings. The maximum absolute atomic E-state index is 10.3. The van der Waals surface area contributed by atoms with Gasteiger partial charge in [-0.15, -0.1) is 10.2 Å². The summed E-state index contributed by atoms with van der Waals surface area (Å²) < 4.78 is 17.1. The van der Waals surface area contributed by atoms with Crippen molar-refractivity contribution in [1.82, 2.24) is 10.2 Å². The van der Waals surface area contributed by atoms with Gasteiger partial charge < -0.3 is 34.9 Å². The monoisotopic (exact) mass is 505 g/mol. The first-order chi connectivity index (χ1) is 18.1. The molecule has 2 saturated heterocycles. The molecule has 3 aromatic rings.